The molecule has 6 aromatic carbocycles. The molecule has 0 aromatic heterocycles. The van der Waals surface area contributed by atoms with E-state index in [1.807, 2.05) is 36.4 Å². The van der Waals surface area contributed by atoms with Gasteiger partial charge in [-0.15, -0.1) is 0 Å². The number of hydrogen-bond donors (Lipinski definition) is 0. The molecular weight excluding hydrogens is 777 g/mol. The molecule has 8 nitrogen and oxygen atoms in total. The van der Waals surface area contributed by atoms with Crippen LogP contribution in [0.2, 0.25) is 0 Å². The molecule has 0 N–H and O–H groups in total. The first-order valence-corrected chi connectivity index (χ1v) is 21.3. The number of rotatable bonds is 23. The molecule has 0 aliphatic rings. The number of ether oxygens (including phenoxy) is 8. The highest BCUT2D eigenvalue weighted by molar-refractivity contribution is 5.55. The van der Waals surface area contributed by atoms with Crippen molar-refractivity contribution in [3.8, 4) is 46.0 Å². The second-order valence-electron chi connectivity index (χ2n) is 15.6. The van der Waals surface area contributed by atoms with Crippen LogP contribution < -0.4 is 37.9 Å². The van der Waals surface area contributed by atoms with Gasteiger partial charge in [0.05, 0.1) is 56.9 Å². The van der Waals surface area contributed by atoms with Crippen LogP contribution in [0.4, 0.5) is 0 Å². The van der Waals surface area contributed by atoms with Gasteiger partial charge in [0.2, 0.25) is 11.5 Å². The fraction of sp³-hybridized carbons (Fsp3) is 0.333. The Kier molecular flexibility index (Phi) is 16.4. The highest BCUT2D eigenvalue weighted by Gasteiger charge is 2.25. The second-order valence-corrected chi connectivity index (χ2v) is 15.6. The van der Waals surface area contributed by atoms with Crippen molar-refractivity contribution in [3.05, 3.63) is 166 Å². The third-order valence-corrected chi connectivity index (χ3v) is 11.9. The topological polar surface area (TPSA) is 73.8 Å². The fourth-order valence-electron chi connectivity index (χ4n) is 8.43. The summed E-state index contributed by atoms with van der Waals surface area (Å²) < 4.78 is 44.9. The molecule has 2 atom stereocenters. The van der Waals surface area contributed by atoms with E-state index >= 15 is 0 Å². The van der Waals surface area contributed by atoms with Gasteiger partial charge in [-0.05, 0) is 156 Å². The van der Waals surface area contributed by atoms with Crippen LogP contribution in [0, 0.1) is 5.92 Å². The standard InChI is InChI=1S/C54H62O8/c1-55-46-13-9-11-39(30-46)27-28-45(29-40-21-15-37(16-22-40)19-25-42-32-49(57-3)53(61-7)50(33-42)58-4)48(44-12-10-14-47(36-44)56-2)31-41-23-17-38(18-24-41)20-26-43-34-51(59-5)54(62-8)52(35-43)60-6/h9-18,21-24,30,32-36,45,48H,19-20,25-29,31H2,1-8H3/t45-,48+/m0/s1. The molecule has 0 spiro atoms. The first-order valence-electron chi connectivity index (χ1n) is 21.3. The van der Waals surface area contributed by atoms with E-state index in [1.165, 1.54) is 33.4 Å². The van der Waals surface area contributed by atoms with E-state index in [9.17, 15) is 0 Å². The maximum Gasteiger partial charge on any atom is 0.203 e. The monoisotopic (exact) mass is 838 g/mol. The van der Waals surface area contributed by atoms with Crippen molar-refractivity contribution in [2.24, 2.45) is 5.92 Å². The van der Waals surface area contributed by atoms with Crippen LogP contribution in [0.15, 0.2) is 121 Å². The number of hydrogen-bond acceptors (Lipinski definition) is 8. The summed E-state index contributed by atoms with van der Waals surface area (Å²) in [6.45, 7) is 0. The first-order chi connectivity index (χ1) is 30.3. The zero-order valence-corrected chi connectivity index (χ0v) is 37.6. The molecule has 0 radical (unpaired) electrons. The Labute approximate surface area is 368 Å². The Morgan fingerprint density at radius 3 is 1.21 bits per heavy atom. The van der Waals surface area contributed by atoms with Gasteiger partial charge >= 0.3 is 0 Å². The SMILES string of the molecule is COc1cccc(CC[C@@H](Cc2ccc(CCc3cc(OC)c(OC)c(OC)c3)cc2)[C@H](Cc2ccc(CCc3cc(OC)c(OC)c(OC)c3)cc2)c2cccc(OC)c2)c1. The molecule has 0 unspecified atom stereocenters. The lowest BCUT2D eigenvalue weighted by molar-refractivity contribution is 0.324. The maximum atomic E-state index is 5.78. The Morgan fingerprint density at radius 2 is 0.758 bits per heavy atom. The molecule has 6 aromatic rings. The van der Waals surface area contributed by atoms with Crippen molar-refractivity contribution in [2.75, 3.05) is 56.9 Å². The molecule has 8 heteroatoms. The Hall–Kier alpha value is -6.28. The average molecular weight is 839 g/mol. The molecular formula is C54H62O8. The molecule has 0 aliphatic carbocycles. The Bertz CT molecular complexity index is 2270. The lowest BCUT2D eigenvalue weighted by Crippen LogP contribution is -2.19. The van der Waals surface area contributed by atoms with E-state index in [-0.39, 0.29) is 5.92 Å². The van der Waals surface area contributed by atoms with Gasteiger partial charge < -0.3 is 37.9 Å². The van der Waals surface area contributed by atoms with Crippen molar-refractivity contribution in [1.29, 1.82) is 0 Å². The van der Waals surface area contributed by atoms with Gasteiger partial charge in [-0.25, -0.2) is 0 Å². The minimum Gasteiger partial charge on any atom is -0.497 e. The normalized spacial score (nSPS) is 11.9. The van der Waals surface area contributed by atoms with Gasteiger partial charge in [0.1, 0.15) is 11.5 Å². The minimum atomic E-state index is 0.237. The van der Waals surface area contributed by atoms with Crippen LogP contribution in [0.3, 0.4) is 0 Å². The molecule has 0 heterocycles. The largest absolute Gasteiger partial charge is 0.497 e. The van der Waals surface area contributed by atoms with Gasteiger partial charge in [0.15, 0.2) is 23.0 Å². The molecule has 0 saturated heterocycles. The van der Waals surface area contributed by atoms with Crippen molar-refractivity contribution in [2.45, 2.75) is 57.3 Å². The zero-order valence-electron chi connectivity index (χ0n) is 37.6. The summed E-state index contributed by atoms with van der Waals surface area (Å²) in [5, 5.41) is 0. The van der Waals surface area contributed by atoms with Gasteiger partial charge in [-0.3, -0.25) is 0 Å². The van der Waals surface area contributed by atoms with Gasteiger partial charge in [0, 0.05) is 0 Å². The highest BCUT2D eigenvalue weighted by atomic mass is 16.5. The predicted molar refractivity (Wildman–Crippen MR) is 248 cm³/mol. The number of aryl methyl sites for hydroxylation is 5. The molecule has 0 amide bonds. The third kappa shape index (κ3) is 11.8. The zero-order chi connectivity index (χ0) is 43.8. The minimum absolute atomic E-state index is 0.237. The lowest BCUT2D eigenvalue weighted by Gasteiger charge is -2.29. The molecule has 326 valence electrons. The third-order valence-electron chi connectivity index (χ3n) is 11.9. The van der Waals surface area contributed by atoms with Gasteiger partial charge in [-0.2, -0.15) is 0 Å². The predicted octanol–water partition coefficient (Wildman–Crippen LogP) is 11.1. The average Bonchev–Trinajstić information content (AvgIpc) is 3.33. The van der Waals surface area contributed by atoms with Crippen molar-refractivity contribution < 1.29 is 37.9 Å². The summed E-state index contributed by atoms with van der Waals surface area (Å²) in [6.07, 6.45) is 7.25. The van der Waals surface area contributed by atoms with E-state index in [2.05, 4.69) is 84.9 Å². The van der Waals surface area contributed by atoms with E-state index < -0.39 is 0 Å². The van der Waals surface area contributed by atoms with Gasteiger partial charge in [-0.1, -0.05) is 72.8 Å². The summed E-state index contributed by atoms with van der Waals surface area (Å²) in [5.41, 5.74) is 10.0. The molecule has 0 aliphatic heterocycles. The summed E-state index contributed by atoms with van der Waals surface area (Å²) in [7, 11) is 13.3. The molecule has 0 saturated carbocycles. The maximum absolute atomic E-state index is 5.78. The first kappa shape index (κ1) is 45.3. The quantitative estimate of drug-likeness (QED) is 0.0632. The Morgan fingerprint density at radius 1 is 0.339 bits per heavy atom. The van der Waals surface area contributed by atoms with Crippen molar-refractivity contribution in [3.63, 3.8) is 0 Å². The smallest absolute Gasteiger partial charge is 0.203 e. The second kappa shape index (κ2) is 22.5. The van der Waals surface area contributed by atoms with E-state index in [0.29, 0.717) is 40.4 Å². The van der Waals surface area contributed by atoms with E-state index in [1.54, 1.807) is 56.9 Å². The van der Waals surface area contributed by atoms with Crippen molar-refractivity contribution >= 4 is 0 Å². The lowest BCUT2D eigenvalue weighted by atomic mass is 9.75. The van der Waals surface area contributed by atoms with Crippen LogP contribution in [0.25, 0.3) is 0 Å². The summed E-state index contributed by atoms with van der Waals surface area (Å²) >= 11 is 0. The Balaban J connectivity index is 1.24. The highest BCUT2D eigenvalue weighted by Crippen LogP contribution is 2.40. The van der Waals surface area contributed by atoms with Crippen LogP contribution in [0.1, 0.15) is 56.8 Å². The number of benzene rings is 6. The molecule has 6 rings (SSSR count). The van der Waals surface area contributed by atoms with E-state index in [0.717, 1.165) is 74.0 Å². The van der Waals surface area contributed by atoms with Crippen LogP contribution in [0.5, 0.6) is 46.0 Å². The van der Waals surface area contributed by atoms with E-state index in [4.69, 9.17) is 37.9 Å². The molecule has 62 heavy (non-hydrogen) atoms. The van der Waals surface area contributed by atoms with Crippen LogP contribution >= 0.6 is 0 Å². The van der Waals surface area contributed by atoms with Crippen molar-refractivity contribution in [1.82, 2.24) is 0 Å². The fourth-order valence-corrected chi connectivity index (χ4v) is 8.43. The summed E-state index contributed by atoms with van der Waals surface area (Å²) in [4.78, 5) is 0. The summed E-state index contributed by atoms with van der Waals surface area (Å²) in [5.74, 6) is 6.23. The summed E-state index contributed by atoms with van der Waals surface area (Å²) in [6, 6.07) is 43.6. The number of methoxy groups -OCH3 is 8. The van der Waals surface area contributed by atoms with Gasteiger partial charge in [0.25, 0.3) is 0 Å². The van der Waals surface area contributed by atoms with Crippen LogP contribution in [-0.2, 0) is 44.9 Å². The molecule has 0 fully saturated rings. The van der Waals surface area contributed by atoms with Crippen LogP contribution in [-0.4, -0.2) is 56.9 Å². The molecule has 0 bridgehead atoms.